The van der Waals surface area contributed by atoms with Crippen molar-refractivity contribution in [1.29, 1.82) is 5.26 Å². The second-order valence-electron chi connectivity index (χ2n) is 5.08. The molecule has 1 atom stereocenters. The van der Waals surface area contributed by atoms with Crippen molar-refractivity contribution in [2.45, 2.75) is 19.6 Å². The lowest BCUT2D eigenvalue weighted by atomic mass is 10.2. The van der Waals surface area contributed by atoms with E-state index in [-0.39, 0.29) is 5.91 Å². The molecule has 2 aromatic rings. The van der Waals surface area contributed by atoms with Crippen molar-refractivity contribution in [3.8, 4) is 11.8 Å². The molecule has 0 fully saturated rings. The number of hydrogen-bond donors (Lipinski definition) is 0. The maximum atomic E-state index is 12.4. The molecule has 2 rings (SSSR count). The van der Waals surface area contributed by atoms with Crippen LogP contribution in [0.4, 0.5) is 0 Å². The minimum atomic E-state index is -0.658. The third-order valence-corrected chi connectivity index (χ3v) is 3.43. The standard InChI is InChI=1S/C17H16ClN3O2/c1-12(23-15-5-3-4-13(8-15)9-19)17(22)21(2)11-14-6-7-16(18)20-10-14/h3-8,10,12H,11H2,1-2H3. The molecule has 0 aliphatic heterocycles. The molecule has 1 heterocycles. The first-order valence-electron chi connectivity index (χ1n) is 7.02. The fourth-order valence-corrected chi connectivity index (χ4v) is 2.17. The minimum Gasteiger partial charge on any atom is -0.481 e. The summed E-state index contributed by atoms with van der Waals surface area (Å²) in [5.74, 6) is 0.328. The Hall–Kier alpha value is -2.58. The van der Waals surface area contributed by atoms with Gasteiger partial charge in [0.1, 0.15) is 10.9 Å². The van der Waals surface area contributed by atoms with E-state index in [1.165, 1.54) is 0 Å². The second kappa shape index (κ2) is 7.61. The van der Waals surface area contributed by atoms with Crippen molar-refractivity contribution < 1.29 is 9.53 Å². The first kappa shape index (κ1) is 16.8. The highest BCUT2D eigenvalue weighted by Crippen LogP contribution is 2.15. The van der Waals surface area contributed by atoms with Crippen LogP contribution in [0.3, 0.4) is 0 Å². The van der Waals surface area contributed by atoms with Crippen molar-refractivity contribution in [1.82, 2.24) is 9.88 Å². The summed E-state index contributed by atoms with van der Waals surface area (Å²) < 4.78 is 5.62. The Morgan fingerprint density at radius 1 is 1.43 bits per heavy atom. The molecule has 0 N–H and O–H groups in total. The van der Waals surface area contributed by atoms with Gasteiger partial charge < -0.3 is 9.64 Å². The summed E-state index contributed by atoms with van der Waals surface area (Å²) in [5, 5.41) is 9.29. The largest absolute Gasteiger partial charge is 0.481 e. The molecule has 0 aliphatic rings. The Balaban J connectivity index is 1.98. The summed E-state index contributed by atoms with van der Waals surface area (Å²) >= 11 is 5.74. The molecule has 0 bridgehead atoms. The van der Waals surface area contributed by atoms with E-state index in [0.29, 0.717) is 23.0 Å². The molecule has 0 saturated carbocycles. The highest BCUT2D eigenvalue weighted by molar-refractivity contribution is 6.29. The van der Waals surface area contributed by atoms with Gasteiger partial charge in [0.2, 0.25) is 0 Å². The summed E-state index contributed by atoms with van der Waals surface area (Å²) in [7, 11) is 1.70. The number of nitrogens with zero attached hydrogens (tertiary/aromatic N) is 3. The maximum absolute atomic E-state index is 12.4. The maximum Gasteiger partial charge on any atom is 0.263 e. The number of carbonyl (C=O) groups is 1. The fraction of sp³-hybridized carbons (Fsp3) is 0.235. The van der Waals surface area contributed by atoms with Gasteiger partial charge in [0.05, 0.1) is 11.6 Å². The molecular formula is C17H16ClN3O2. The van der Waals surface area contributed by atoms with E-state index in [1.807, 2.05) is 12.1 Å². The minimum absolute atomic E-state index is 0.165. The van der Waals surface area contributed by atoms with Gasteiger partial charge >= 0.3 is 0 Å². The number of aromatic nitrogens is 1. The van der Waals surface area contributed by atoms with E-state index in [2.05, 4.69) is 4.98 Å². The summed E-state index contributed by atoms with van der Waals surface area (Å²) in [6.07, 6.45) is 0.975. The van der Waals surface area contributed by atoms with Gasteiger partial charge in [0.25, 0.3) is 5.91 Å². The van der Waals surface area contributed by atoms with Crippen LogP contribution in [0.1, 0.15) is 18.1 Å². The van der Waals surface area contributed by atoms with Crippen molar-refractivity contribution >= 4 is 17.5 Å². The van der Waals surface area contributed by atoms with Crippen LogP contribution in [-0.4, -0.2) is 28.9 Å². The molecule has 0 aliphatic carbocycles. The normalized spacial score (nSPS) is 11.4. The molecule has 118 valence electrons. The molecule has 1 aromatic carbocycles. The molecule has 23 heavy (non-hydrogen) atoms. The van der Waals surface area contributed by atoms with E-state index in [9.17, 15) is 4.79 Å². The van der Waals surface area contributed by atoms with Crippen molar-refractivity contribution in [3.63, 3.8) is 0 Å². The second-order valence-corrected chi connectivity index (χ2v) is 5.47. The van der Waals surface area contributed by atoms with Crippen LogP contribution in [0, 0.1) is 11.3 Å². The molecule has 0 spiro atoms. The first-order chi connectivity index (χ1) is 11.0. The van der Waals surface area contributed by atoms with Crippen LogP contribution in [0.2, 0.25) is 5.15 Å². The van der Waals surface area contributed by atoms with Gasteiger partial charge in [0.15, 0.2) is 6.10 Å². The third-order valence-electron chi connectivity index (χ3n) is 3.21. The van der Waals surface area contributed by atoms with Gasteiger partial charge in [-0.25, -0.2) is 4.98 Å². The molecule has 1 aromatic heterocycles. The smallest absolute Gasteiger partial charge is 0.263 e. The van der Waals surface area contributed by atoms with Gasteiger partial charge in [-0.15, -0.1) is 0 Å². The van der Waals surface area contributed by atoms with Gasteiger partial charge in [-0.1, -0.05) is 23.7 Å². The van der Waals surface area contributed by atoms with Crippen LogP contribution in [0.25, 0.3) is 0 Å². The Kier molecular flexibility index (Phi) is 5.56. The number of benzene rings is 1. The number of halogens is 1. The number of amides is 1. The number of nitriles is 1. The fourth-order valence-electron chi connectivity index (χ4n) is 2.06. The van der Waals surface area contributed by atoms with Crippen LogP contribution in [0.15, 0.2) is 42.6 Å². The topological polar surface area (TPSA) is 66.2 Å². The summed E-state index contributed by atoms with van der Waals surface area (Å²) in [5.41, 5.74) is 1.37. The van der Waals surface area contributed by atoms with Gasteiger partial charge in [-0.2, -0.15) is 5.26 Å². The number of ether oxygens (including phenoxy) is 1. The van der Waals surface area contributed by atoms with Crippen molar-refractivity contribution in [2.75, 3.05) is 7.05 Å². The number of hydrogen-bond acceptors (Lipinski definition) is 4. The first-order valence-corrected chi connectivity index (χ1v) is 7.39. The van der Waals surface area contributed by atoms with E-state index < -0.39 is 6.10 Å². The number of pyridine rings is 1. The average molecular weight is 330 g/mol. The predicted molar refractivity (Wildman–Crippen MR) is 87.0 cm³/mol. The molecule has 1 amide bonds. The van der Waals surface area contributed by atoms with Crippen LogP contribution in [-0.2, 0) is 11.3 Å². The molecule has 1 unspecified atom stereocenters. The third kappa shape index (κ3) is 4.70. The van der Waals surface area contributed by atoms with Gasteiger partial charge in [-0.3, -0.25) is 4.79 Å². The molecular weight excluding hydrogens is 314 g/mol. The van der Waals surface area contributed by atoms with Gasteiger partial charge in [-0.05, 0) is 36.8 Å². The van der Waals surface area contributed by atoms with Crippen LogP contribution < -0.4 is 4.74 Å². The van der Waals surface area contributed by atoms with Crippen molar-refractivity contribution in [2.24, 2.45) is 0 Å². The zero-order valence-electron chi connectivity index (χ0n) is 12.9. The van der Waals surface area contributed by atoms with Crippen LogP contribution >= 0.6 is 11.6 Å². The summed E-state index contributed by atoms with van der Waals surface area (Å²) in [6.45, 7) is 2.09. The van der Waals surface area contributed by atoms with Gasteiger partial charge in [0, 0.05) is 19.8 Å². The Morgan fingerprint density at radius 3 is 2.87 bits per heavy atom. The summed E-state index contributed by atoms with van der Waals surface area (Å²) in [4.78, 5) is 17.9. The van der Waals surface area contributed by atoms with E-state index in [4.69, 9.17) is 21.6 Å². The molecule has 0 saturated heterocycles. The van der Waals surface area contributed by atoms with Crippen LogP contribution in [0.5, 0.6) is 5.75 Å². The molecule has 5 nitrogen and oxygen atoms in total. The SMILES string of the molecule is CC(Oc1cccc(C#N)c1)C(=O)N(C)Cc1ccc(Cl)nc1. The Morgan fingerprint density at radius 2 is 2.22 bits per heavy atom. The monoisotopic (exact) mass is 329 g/mol. The lowest BCUT2D eigenvalue weighted by Gasteiger charge is -2.22. The van der Waals surface area contributed by atoms with E-state index in [1.54, 1.807) is 55.4 Å². The lowest BCUT2D eigenvalue weighted by molar-refractivity contribution is -0.137. The lowest BCUT2D eigenvalue weighted by Crippen LogP contribution is -2.37. The zero-order valence-corrected chi connectivity index (χ0v) is 13.6. The summed E-state index contributed by atoms with van der Waals surface area (Å²) in [6, 6.07) is 12.3. The molecule has 6 heteroatoms. The quantitative estimate of drug-likeness (QED) is 0.791. The predicted octanol–water partition coefficient (Wildman–Crippen LogP) is 3.03. The number of carbonyl (C=O) groups excluding carboxylic acids is 1. The van der Waals surface area contributed by atoms with E-state index >= 15 is 0 Å². The average Bonchev–Trinajstić information content (AvgIpc) is 2.56. The highest BCUT2D eigenvalue weighted by atomic mass is 35.5. The number of likely N-dealkylation sites (N-methyl/N-ethyl adjacent to an activating group) is 1. The van der Waals surface area contributed by atoms with E-state index in [0.717, 1.165) is 5.56 Å². The molecule has 0 radical (unpaired) electrons. The Labute approximate surface area is 140 Å². The Bertz CT molecular complexity index is 725. The highest BCUT2D eigenvalue weighted by Gasteiger charge is 2.19. The van der Waals surface area contributed by atoms with Crippen molar-refractivity contribution in [3.05, 3.63) is 58.9 Å². The zero-order chi connectivity index (χ0) is 16.8. The number of rotatable bonds is 5.